The van der Waals surface area contributed by atoms with Gasteiger partial charge in [0.05, 0.1) is 18.4 Å². The van der Waals surface area contributed by atoms with Gasteiger partial charge < -0.3 is 25.2 Å². The van der Waals surface area contributed by atoms with Crippen LogP contribution in [0.1, 0.15) is 49.4 Å². The lowest BCUT2D eigenvalue weighted by atomic mass is 10.0. The molecule has 2 N–H and O–H groups in total. The van der Waals surface area contributed by atoms with Crippen molar-refractivity contribution in [3.05, 3.63) is 70.5 Å². The average molecular weight is 587 g/mol. The molecule has 0 bridgehead atoms. The van der Waals surface area contributed by atoms with Crippen molar-refractivity contribution in [3.8, 4) is 11.4 Å². The molecule has 1 aliphatic rings. The molecule has 4 amide bonds. The summed E-state index contributed by atoms with van der Waals surface area (Å²) in [5.74, 6) is -1.71. The number of halogens is 3. The summed E-state index contributed by atoms with van der Waals surface area (Å²) in [7, 11) is 4.56. The zero-order valence-electron chi connectivity index (χ0n) is 23.3. The number of hydrogen-bond acceptors (Lipinski definition) is 6. The number of nitrogens with zero attached hydrogens (tertiary/aromatic N) is 4. The maximum atomic E-state index is 14.1. The molecule has 11 nitrogen and oxygen atoms in total. The van der Waals surface area contributed by atoms with Crippen LogP contribution in [0.4, 0.5) is 18.9 Å². The number of anilines is 1. The molecular formula is C28H29F3N6O5. The van der Waals surface area contributed by atoms with Gasteiger partial charge in [-0.25, -0.2) is 4.68 Å². The lowest BCUT2D eigenvalue weighted by Gasteiger charge is -2.28. The standard InChI is InChI=1S/C28H29F3N6O5/c1-16(38)32-12-13-33-25(39)21-15-19(42-4)9-10-22(21)37-23-20(24(34-37)28(29,30)31)11-14-36(27(23)41)18-7-5-17(6-8-18)26(40)35(2)3/h5-10,15H,11-14H2,1-4H3,(H,32,38)(H,33,39). The van der Waals surface area contributed by atoms with Crippen molar-refractivity contribution in [2.75, 3.05) is 45.7 Å². The normalized spacial score (nSPS) is 12.9. The van der Waals surface area contributed by atoms with Crippen LogP contribution in [0.3, 0.4) is 0 Å². The first-order valence-electron chi connectivity index (χ1n) is 12.9. The van der Waals surface area contributed by atoms with Crippen LogP contribution in [-0.2, 0) is 17.4 Å². The Bertz CT molecular complexity index is 1530. The molecular weight excluding hydrogens is 557 g/mol. The van der Waals surface area contributed by atoms with E-state index in [1.165, 1.54) is 54.2 Å². The number of fused-ring (bicyclic) bond motifs is 1. The van der Waals surface area contributed by atoms with Crippen LogP contribution in [0.2, 0.25) is 0 Å². The first-order chi connectivity index (χ1) is 19.8. The Kier molecular flexibility index (Phi) is 8.54. The number of ether oxygens (including phenoxy) is 1. The molecule has 14 heteroatoms. The molecule has 0 radical (unpaired) electrons. The quantitative estimate of drug-likeness (QED) is 0.391. The molecule has 0 spiro atoms. The van der Waals surface area contributed by atoms with Crippen LogP contribution >= 0.6 is 0 Å². The fourth-order valence-electron chi connectivity index (χ4n) is 4.57. The van der Waals surface area contributed by atoms with E-state index in [1.54, 1.807) is 26.2 Å². The van der Waals surface area contributed by atoms with Gasteiger partial charge in [0, 0.05) is 57.5 Å². The molecule has 42 heavy (non-hydrogen) atoms. The van der Waals surface area contributed by atoms with Gasteiger partial charge in [0.2, 0.25) is 5.91 Å². The van der Waals surface area contributed by atoms with Gasteiger partial charge in [-0.15, -0.1) is 0 Å². The van der Waals surface area contributed by atoms with Crippen molar-refractivity contribution in [2.24, 2.45) is 0 Å². The van der Waals surface area contributed by atoms with E-state index in [2.05, 4.69) is 15.7 Å². The number of methoxy groups -OCH3 is 1. The molecule has 0 unspecified atom stereocenters. The monoisotopic (exact) mass is 586 g/mol. The molecule has 0 saturated carbocycles. The maximum Gasteiger partial charge on any atom is 0.435 e. The van der Waals surface area contributed by atoms with E-state index in [0.29, 0.717) is 11.3 Å². The highest BCUT2D eigenvalue weighted by molar-refractivity contribution is 6.08. The van der Waals surface area contributed by atoms with Gasteiger partial charge in [-0.05, 0) is 48.9 Å². The first-order valence-corrected chi connectivity index (χ1v) is 12.9. The van der Waals surface area contributed by atoms with Gasteiger partial charge in [0.1, 0.15) is 11.4 Å². The highest BCUT2D eigenvalue weighted by atomic mass is 19.4. The van der Waals surface area contributed by atoms with E-state index in [0.717, 1.165) is 4.68 Å². The van der Waals surface area contributed by atoms with Crippen molar-refractivity contribution < 1.29 is 37.1 Å². The molecule has 3 aromatic rings. The van der Waals surface area contributed by atoms with Gasteiger partial charge in [0.15, 0.2) is 5.69 Å². The predicted octanol–water partition coefficient (Wildman–Crippen LogP) is 2.67. The number of rotatable bonds is 8. The number of carbonyl (C=O) groups excluding carboxylic acids is 4. The Labute approximate surface area is 239 Å². The number of carbonyl (C=O) groups is 4. The summed E-state index contributed by atoms with van der Waals surface area (Å²) in [6.45, 7) is 1.43. The summed E-state index contributed by atoms with van der Waals surface area (Å²) in [6, 6.07) is 10.3. The number of alkyl halides is 3. The Morgan fingerprint density at radius 1 is 1.05 bits per heavy atom. The van der Waals surface area contributed by atoms with Crippen LogP contribution < -0.4 is 20.3 Å². The fourth-order valence-corrected chi connectivity index (χ4v) is 4.57. The van der Waals surface area contributed by atoms with Gasteiger partial charge in [-0.2, -0.15) is 18.3 Å². The van der Waals surface area contributed by atoms with E-state index in [4.69, 9.17) is 4.74 Å². The van der Waals surface area contributed by atoms with Crippen molar-refractivity contribution in [3.63, 3.8) is 0 Å². The van der Waals surface area contributed by atoms with Crippen molar-refractivity contribution in [1.82, 2.24) is 25.3 Å². The number of nitrogens with one attached hydrogen (secondary N) is 2. The lowest BCUT2D eigenvalue weighted by molar-refractivity contribution is -0.142. The summed E-state index contributed by atoms with van der Waals surface area (Å²) >= 11 is 0. The largest absolute Gasteiger partial charge is 0.497 e. The SMILES string of the molecule is COc1ccc(-n2nc(C(F)(F)F)c3c2C(=O)N(c2ccc(C(=O)N(C)C)cc2)CC3)c(C(=O)NCCNC(C)=O)c1. The Balaban J connectivity index is 1.78. The Hall–Kier alpha value is -4.88. The summed E-state index contributed by atoms with van der Waals surface area (Å²) in [5.41, 5.74) is -1.23. The third-order valence-electron chi connectivity index (χ3n) is 6.58. The average Bonchev–Trinajstić information content (AvgIpc) is 3.36. The fraction of sp³-hybridized carbons (Fsp3) is 0.321. The minimum Gasteiger partial charge on any atom is -0.497 e. The van der Waals surface area contributed by atoms with Crippen LogP contribution in [0.25, 0.3) is 5.69 Å². The molecule has 1 aromatic heterocycles. The topological polar surface area (TPSA) is 126 Å². The first kappa shape index (κ1) is 30.1. The molecule has 2 heterocycles. The van der Waals surface area contributed by atoms with Gasteiger partial charge in [-0.1, -0.05) is 0 Å². The van der Waals surface area contributed by atoms with Gasteiger partial charge in [-0.3, -0.25) is 19.2 Å². The number of benzene rings is 2. The van der Waals surface area contributed by atoms with Crippen molar-refractivity contribution in [1.29, 1.82) is 0 Å². The third kappa shape index (κ3) is 6.06. The lowest BCUT2D eigenvalue weighted by Crippen LogP contribution is -2.39. The maximum absolute atomic E-state index is 14.1. The molecule has 0 atom stereocenters. The molecule has 0 fully saturated rings. The summed E-state index contributed by atoms with van der Waals surface area (Å²) < 4.78 is 48.4. The molecule has 0 saturated heterocycles. The minimum absolute atomic E-state index is 0.0408. The number of hydrogen-bond donors (Lipinski definition) is 2. The highest BCUT2D eigenvalue weighted by Crippen LogP contribution is 2.38. The summed E-state index contributed by atoms with van der Waals surface area (Å²) in [5, 5.41) is 8.94. The Morgan fingerprint density at radius 2 is 1.71 bits per heavy atom. The van der Waals surface area contributed by atoms with E-state index in [1.807, 2.05) is 0 Å². The smallest absolute Gasteiger partial charge is 0.435 e. The van der Waals surface area contributed by atoms with Crippen LogP contribution in [0.15, 0.2) is 42.5 Å². The predicted molar refractivity (Wildman–Crippen MR) is 146 cm³/mol. The zero-order chi connectivity index (χ0) is 30.8. The minimum atomic E-state index is -4.86. The third-order valence-corrected chi connectivity index (χ3v) is 6.58. The molecule has 0 aliphatic carbocycles. The molecule has 1 aliphatic heterocycles. The number of aromatic nitrogens is 2. The molecule has 4 rings (SSSR count). The Morgan fingerprint density at radius 3 is 2.31 bits per heavy atom. The van der Waals surface area contributed by atoms with E-state index >= 15 is 0 Å². The van der Waals surface area contributed by atoms with Gasteiger partial charge >= 0.3 is 6.18 Å². The van der Waals surface area contributed by atoms with Crippen LogP contribution in [-0.4, -0.2) is 79.1 Å². The second-order valence-corrected chi connectivity index (χ2v) is 9.66. The van der Waals surface area contributed by atoms with Crippen molar-refractivity contribution >= 4 is 29.3 Å². The van der Waals surface area contributed by atoms with E-state index in [9.17, 15) is 32.3 Å². The van der Waals surface area contributed by atoms with E-state index < -0.39 is 23.7 Å². The number of amides is 4. The van der Waals surface area contributed by atoms with Crippen molar-refractivity contribution in [2.45, 2.75) is 19.5 Å². The second-order valence-electron chi connectivity index (χ2n) is 9.66. The van der Waals surface area contributed by atoms with E-state index in [-0.39, 0.29) is 66.1 Å². The van der Waals surface area contributed by atoms with Crippen LogP contribution in [0, 0.1) is 0 Å². The summed E-state index contributed by atoms with van der Waals surface area (Å²) in [4.78, 5) is 53.1. The zero-order valence-corrected chi connectivity index (χ0v) is 23.3. The summed E-state index contributed by atoms with van der Waals surface area (Å²) in [6.07, 6.45) is -5.01. The highest BCUT2D eigenvalue weighted by Gasteiger charge is 2.43. The molecule has 2 aromatic carbocycles. The van der Waals surface area contributed by atoms with Gasteiger partial charge in [0.25, 0.3) is 17.7 Å². The second kappa shape index (κ2) is 11.9. The molecule has 222 valence electrons. The van der Waals surface area contributed by atoms with Crippen LogP contribution in [0.5, 0.6) is 5.75 Å².